The summed E-state index contributed by atoms with van der Waals surface area (Å²) < 4.78 is 40.2. The first kappa shape index (κ1) is 16.5. The zero-order valence-corrected chi connectivity index (χ0v) is 12.8. The third kappa shape index (κ3) is 3.95. The summed E-state index contributed by atoms with van der Waals surface area (Å²) in [5, 5.41) is 5.14. The number of para-hydroxylation sites is 1. The number of rotatable bonds is 4. The van der Waals surface area contributed by atoms with Gasteiger partial charge in [-0.25, -0.2) is 13.2 Å². The molecule has 0 atom stereocenters. The molecule has 0 fully saturated rings. The van der Waals surface area contributed by atoms with Gasteiger partial charge in [0.05, 0.1) is 11.4 Å². The summed E-state index contributed by atoms with van der Waals surface area (Å²) in [7, 11) is 0. The average molecular weight is 343 g/mol. The van der Waals surface area contributed by atoms with E-state index in [1.165, 1.54) is 18.3 Å². The fourth-order valence-electron chi connectivity index (χ4n) is 2.13. The van der Waals surface area contributed by atoms with Gasteiger partial charge in [-0.1, -0.05) is 12.1 Å². The van der Waals surface area contributed by atoms with Crippen molar-refractivity contribution in [2.45, 2.75) is 0 Å². The third-order valence-electron chi connectivity index (χ3n) is 3.32. The number of hydrogen-bond donors (Lipinski definition) is 2. The number of amides is 1. The van der Waals surface area contributed by atoms with E-state index in [4.69, 9.17) is 0 Å². The molecule has 0 radical (unpaired) electrons. The highest BCUT2D eigenvalue weighted by Crippen LogP contribution is 2.20. The molecule has 1 aromatic heterocycles. The van der Waals surface area contributed by atoms with Crippen molar-refractivity contribution in [3.8, 4) is 0 Å². The van der Waals surface area contributed by atoms with Crippen LogP contribution >= 0.6 is 0 Å². The Morgan fingerprint density at radius 1 is 0.880 bits per heavy atom. The summed E-state index contributed by atoms with van der Waals surface area (Å²) in [5.41, 5.74) is 0.500. The van der Waals surface area contributed by atoms with Crippen molar-refractivity contribution in [1.82, 2.24) is 4.98 Å². The van der Waals surface area contributed by atoms with Crippen LogP contribution in [-0.4, -0.2) is 10.9 Å². The largest absolute Gasteiger partial charge is 0.353 e. The van der Waals surface area contributed by atoms with Crippen molar-refractivity contribution in [3.05, 3.63) is 83.9 Å². The molecule has 0 aliphatic carbocycles. The Labute approximate surface area is 141 Å². The lowest BCUT2D eigenvalue weighted by Crippen LogP contribution is -2.15. The first-order valence-electron chi connectivity index (χ1n) is 7.27. The predicted molar refractivity (Wildman–Crippen MR) is 88.2 cm³/mol. The maximum Gasteiger partial charge on any atom is 0.274 e. The molecule has 0 unspecified atom stereocenters. The fraction of sp³-hybridized carbons (Fsp3) is 0. The Bertz CT molecular complexity index is 931. The van der Waals surface area contributed by atoms with Crippen LogP contribution in [0.25, 0.3) is 0 Å². The topological polar surface area (TPSA) is 54.0 Å². The molecule has 2 N–H and O–H groups in total. The highest BCUT2D eigenvalue weighted by atomic mass is 19.1. The molecule has 4 nitrogen and oxygen atoms in total. The number of aromatic nitrogens is 1. The lowest BCUT2D eigenvalue weighted by molar-refractivity contribution is 0.102. The van der Waals surface area contributed by atoms with Crippen molar-refractivity contribution in [2.24, 2.45) is 0 Å². The molecule has 1 heterocycles. The van der Waals surface area contributed by atoms with Gasteiger partial charge in [-0.15, -0.1) is 0 Å². The second kappa shape index (κ2) is 7.04. The fourth-order valence-corrected chi connectivity index (χ4v) is 2.13. The van der Waals surface area contributed by atoms with Crippen LogP contribution in [0.2, 0.25) is 0 Å². The summed E-state index contributed by atoms with van der Waals surface area (Å²) >= 11 is 0. The molecular formula is C18H12F3N3O. The number of nitrogens with zero attached hydrogens (tertiary/aromatic N) is 1. The predicted octanol–water partition coefficient (Wildman–Crippen LogP) is 4.49. The summed E-state index contributed by atoms with van der Waals surface area (Å²) in [6, 6.07) is 11.8. The van der Waals surface area contributed by atoms with Crippen LogP contribution in [0.5, 0.6) is 0 Å². The standard InChI is InChI=1S/C18H12F3N3O/c19-11-5-6-16(14(21)9-11)24-18(25)17-10-12(7-8-22-17)23-15-4-2-1-3-13(15)20/h1-10H,(H,22,23)(H,24,25). The van der Waals surface area contributed by atoms with Gasteiger partial charge in [0.2, 0.25) is 0 Å². The van der Waals surface area contributed by atoms with Gasteiger partial charge in [0, 0.05) is 18.0 Å². The van der Waals surface area contributed by atoms with Gasteiger partial charge >= 0.3 is 0 Å². The Morgan fingerprint density at radius 2 is 1.68 bits per heavy atom. The highest BCUT2D eigenvalue weighted by Gasteiger charge is 2.12. The number of nitrogens with one attached hydrogen (secondary N) is 2. The minimum atomic E-state index is -0.894. The molecule has 3 aromatic rings. The zero-order valence-electron chi connectivity index (χ0n) is 12.8. The van der Waals surface area contributed by atoms with Crippen LogP contribution in [0.15, 0.2) is 60.8 Å². The highest BCUT2D eigenvalue weighted by molar-refractivity contribution is 6.03. The molecule has 0 aliphatic heterocycles. The lowest BCUT2D eigenvalue weighted by Gasteiger charge is -2.09. The van der Waals surface area contributed by atoms with E-state index in [2.05, 4.69) is 15.6 Å². The van der Waals surface area contributed by atoms with Crippen LogP contribution in [0, 0.1) is 17.5 Å². The van der Waals surface area contributed by atoms with E-state index in [9.17, 15) is 18.0 Å². The number of carbonyl (C=O) groups is 1. The van der Waals surface area contributed by atoms with Crippen molar-refractivity contribution in [1.29, 1.82) is 0 Å². The molecule has 1 amide bonds. The number of anilines is 3. The molecule has 0 spiro atoms. The maximum atomic E-state index is 13.7. The van der Waals surface area contributed by atoms with Crippen LogP contribution in [0.3, 0.4) is 0 Å². The smallest absolute Gasteiger partial charge is 0.274 e. The molecule has 2 aromatic carbocycles. The number of carbonyl (C=O) groups excluding carboxylic acids is 1. The van der Waals surface area contributed by atoms with Crippen molar-refractivity contribution >= 4 is 23.0 Å². The first-order valence-corrected chi connectivity index (χ1v) is 7.27. The first-order chi connectivity index (χ1) is 12.0. The van der Waals surface area contributed by atoms with Gasteiger partial charge in [-0.05, 0) is 36.4 Å². The normalized spacial score (nSPS) is 10.4. The Hall–Kier alpha value is -3.35. The van der Waals surface area contributed by atoms with Gasteiger partial charge in [0.15, 0.2) is 0 Å². The van der Waals surface area contributed by atoms with E-state index in [0.717, 1.165) is 12.1 Å². The van der Waals surface area contributed by atoms with Gasteiger partial charge < -0.3 is 10.6 Å². The summed E-state index contributed by atoms with van der Waals surface area (Å²) in [5.74, 6) is -2.76. The molecule has 3 rings (SSSR count). The van der Waals surface area contributed by atoms with E-state index in [0.29, 0.717) is 11.8 Å². The molecule has 0 bridgehead atoms. The van der Waals surface area contributed by atoms with Crippen molar-refractivity contribution in [3.63, 3.8) is 0 Å². The number of pyridine rings is 1. The van der Waals surface area contributed by atoms with E-state index < -0.39 is 23.4 Å². The average Bonchev–Trinajstić information content (AvgIpc) is 2.60. The van der Waals surface area contributed by atoms with Crippen LogP contribution in [-0.2, 0) is 0 Å². The second-order valence-corrected chi connectivity index (χ2v) is 5.11. The van der Waals surface area contributed by atoms with E-state index in [1.807, 2.05) is 0 Å². The van der Waals surface area contributed by atoms with Crippen LogP contribution in [0.1, 0.15) is 10.5 Å². The van der Waals surface area contributed by atoms with Gasteiger partial charge in [-0.3, -0.25) is 9.78 Å². The minimum Gasteiger partial charge on any atom is -0.353 e. The SMILES string of the molecule is O=C(Nc1ccc(F)cc1F)c1cc(Nc2ccccc2F)ccn1. The molecule has 0 saturated heterocycles. The molecule has 7 heteroatoms. The number of halogens is 3. The third-order valence-corrected chi connectivity index (χ3v) is 3.32. The zero-order chi connectivity index (χ0) is 17.8. The maximum absolute atomic E-state index is 13.7. The molecule has 126 valence electrons. The molecule has 0 aliphatic rings. The second-order valence-electron chi connectivity index (χ2n) is 5.11. The van der Waals surface area contributed by atoms with Gasteiger partial charge in [0.1, 0.15) is 23.1 Å². The van der Waals surface area contributed by atoms with Crippen molar-refractivity contribution < 1.29 is 18.0 Å². The van der Waals surface area contributed by atoms with E-state index in [-0.39, 0.29) is 17.1 Å². The molecular weight excluding hydrogens is 331 g/mol. The Morgan fingerprint density at radius 3 is 2.44 bits per heavy atom. The molecule has 0 saturated carbocycles. The monoisotopic (exact) mass is 343 g/mol. The number of hydrogen-bond acceptors (Lipinski definition) is 3. The Kier molecular flexibility index (Phi) is 4.65. The van der Waals surface area contributed by atoms with E-state index >= 15 is 0 Å². The summed E-state index contributed by atoms with van der Waals surface area (Å²) in [6.07, 6.45) is 1.36. The van der Waals surface area contributed by atoms with E-state index in [1.54, 1.807) is 24.3 Å². The van der Waals surface area contributed by atoms with Crippen LogP contribution in [0.4, 0.5) is 30.2 Å². The van der Waals surface area contributed by atoms with Crippen LogP contribution < -0.4 is 10.6 Å². The van der Waals surface area contributed by atoms with Gasteiger partial charge in [0.25, 0.3) is 5.91 Å². The minimum absolute atomic E-state index is 0.00920. The number of benzene rings is 2. The quantitative estimate of drug-likeness (QED) is 0.734. The summed E-state index contributed by atoms with van der Waals surface area (Å²) in [6.45, 7) is 0. The van der Waals surface area contributed by atoms with Crippen molar-refractivity contribution in [2.75, 3.05) is 10.6 Å². The Balaban J connectivity index is 1.79. The van der Waals surface area contributed by atoms with Gasteiger partial charge in [-0.2, -0.15) is 0 Å². The summed E-state index contributed by atoms with van der Waals surface area (Å²) in [4.78, 5) is 16.1. The lowest BCUT2D eigenvalue weighted by atomic mass is 10.2. The molecule has 25 heavy (non-hydrogen) atoms.